The molecule has 1 amide bonds. The molecule has 2 rings (SSSR count). The fourth-order valence-electron chi connectivity index (χ4n) is 2.59. The van der Waals surface area contributed by atoms with Crippen molar-refractivity contribution in [3.63, 3.8) is 0 Å². The fourth-order valence-corrected chi connectivity index (χ4v) is 2.59. The van der Waals surface area contributed by atoms with Gasteiger partial charge >= 0.3 is 6.09 Å². The number of amides is 1. The van der Waals surface area contributed by atoms with Crippen molar-refractivity contribution in [3.05, 3.63) is 35.4 Å². The molecule has 0 spiro atoms. The third-order valence-corrected chi connectivity index (χ3v) is 3.89. The highest BCUT2D eigenvalue weighted by Crippen LogP contribution is 2.31. The number of hydrogen-bond donors (Lipinski definition) is 2. The molecular formula is C17H24F2N2O2. The number of rotatable bonds is 5. The molecule has 0 aliphatic heterocycles. The first-order valence-corrected chi connectivity index (χ1v) is 7.86. The van der Waals surface area contributed by atoms with Crippen molar-refractivity contribution in [1.82, 2.24) is 10.6 Å². The highest BCUT2D eigenvalue weighted by atomic mass is 19.2. The zero-order valence-electron chi connectivity index (χ0n) is 13.8. The summed E-state index contributed by atoms with van der Waals surface area (Å²) >= 11 is 0. The highest BCUT2D eigenvalue weighted by molar-refractivity contribution is 5.69. The molecule has 23 heavy (non-hydrogen) atoms. The van der Waals surface area contributed by atoms with Gasteiger partial charge in [0.15, 0.2) is 11.6 Å². The predicted octanol–water partition coefficient (Wildman–Crippen LogP) is 3.50. The molecule has 0 aromatic heterocycles. The zero-order valence-corrected chi connectivity index (χ0v) is 13.8. The van der Waals surface area contributed by atoms with Crippen molar-refractivity contribution in [2.24, 2.45) is 0 Å². The van der Waals surface area contributed by atoms with E-state index in [1.165, 1.54) is 6.07 Å². The standard InChI is InChI=1S/C17H24F2N2O2/c1-16(2,3)23-15(22)21-17(8-5-9-17)11-20-10-12-6-4-7-13(18)14(12)19/h4,6-7,20H,5,8-11H2,1-3H3,(H,21,22). The largest absolute Gasteiger partial charge is 0.444 e. The normalized spacial score (nSPS) is 16.6. The van der Waals surface area contributed by atoms with E-state index in [2.05, 4.69) is 10.6 Å². The lowest BCUT2D eigenvalue weighted by Gasteiger charge is -2.42. The van der Waals surface area contributed by atoms with E-state index in [4.69, 9.17) is 4.74 Å². The van der Waals surface area contributed by atoms with Gasteiger partial charge in [0.1, 0.15) is 5.60 Å². The molecule has 6 heteroatoms. The Balaban J connectivity index is 1.87. The minimum atomic E-state index is -0.852. The van der Waals surface area contributed by atoms with Gasteiger partial charge in [-0.2, -0.15) is 0 Å². The zero-order chi connectivity index (χ0) is 17.1. The minimum Gasteiger partial charge on any atom is -0.444 e. The van der Waals surface area contributed by atoms with E-state index < -0.39 is 23.3 Å². The van der Waals surface area contributed by atoms with Crippen LogP contribution in [-0.4, -0.2) is 23.8 Å². The van der Waals surface area contributed by atoms with Crippen LogP contribution in [0.3, 0.4) is 0 Å². The van der Waals surface area contributed by atoms with Gasteiger partial charge in [0.25, 0.3) is 0 Å². The molecule has 0 bridgehead atoms. The summed E-state index contributed by atoms with van der Waals surface area (Å²) < 4.78 is 32.1. The minimum absolute atomic E-state index is 0.210. The number of hydrogen-bond acceptors (Lipinski definition) is 3. The van der Waals surface area contributed by atoms with Gasteiger partial charge in [0.2, 0.25) is 0 Å². The summed E-state index contributed by atoms with van der Waals surface area (Å²) in [6.07, 6.45) is 2.25. The molecule has 1 fully saturated rings. The van der Waals surface area contributed by atoms with Gasteiger partial charge in [-0.25, -0.2) is 13.6 Å². The van der Waals surface area contributed by atoms with Crippen molar-refractivity contribution >= 4 is 6.09 Å². The number of alkyl carbamates (subject to hydrolysis) is 1. The molecule has 0 saturated heterocycles. The Morgan fingerprint density at radius 3 is 2.57 bits per heavy atom. The van der Waals surface area contributed by atoms with Crippen LogP contribution in [0.5, 0.6) is 0 Å². The van der Waals surface area contributed by atoms with Gasteiger partial charge in [-0.05, 0) is 46.1 Å². The fraction of sp³-hybridized carbons (Fsp3) is 0.588. The Kier molecular flexibility index (Phi) is 5.24. The van der Waals surface area contributed by atoms with Gasteiger partial charge in [0.05, 0.1) is 5.54 Å². The summed E-state index contributed by atoms with van der Waals surface area (Å²) in [6.45, 7) is 6.13. The Hall–Kier alpha value is -1.69. The average molecular weight is 326 g/mol. The average Bonchev–Trinajstić information content (AvgIpc) is 2.38. The van der Waals surface area contributed by atoms with E-state index in [0.717, 1.165) is 25.3 Å². The van der Waals surface area contributed by atoms with Crippen LogP contribution in [0, 0.1) is 11.6 Å². The van der Waals surface area contributed by atoms with E-state index in [1.54, 1.807) is 6.07 Å². The Morgan fingerprint density at radius 1 is 1.30 bits per heavy atom. The van der Waals surface area contributed by atoms with Crippen molar-refractivity contribution in [3.8, 4) is 0 Å². The second-order valence-corrected chi connectivity index (χ2v) is 7.08. The SMILES string of the molecule is CC(C)(C)OC(=O)NC1(CNCc2cccc(F)c2F)CCC1. The predicted molar refractivity (Wildman–Crippen MR) is 84.0 cm³/mol. The van der Waals surface area contributed by atoms with Gasteiger partial charge in [-0.15, -0.1) is 0 Å². The molecule has 1 aromatic carbocycles. The third kappa shape index (κ3) is 4.89. The summed E-state index contributed by atoms with van der Waals surface area (Å²) in [5, 5.41) is 6.01. The maximum atomic E-state index is 13.6. The molecule has 0 atom stereocenters. The molecule has 0 unspecified atom stereocenters. The summed E-state index contributed by atoms with van der Waals surface area (Å²) in [7, 11) is 0. The number of nitrogens with one attached hydrogen (secondary N) is 2. The lowest BCUT2D eigenvalue weighted by atomic mass is 9.76. The summed E-state index contributed by atoms with van der Waals surface area (Å²) in [5.41, 5.74) is -0.643. The van der Waals surface area contributed by atoms with Crippen LogP contribution >= 0.6 is 0 Å². The first-order chi connectivity index (χ1) is 10.7. The topological polar surface area (TPSA) is 50.4 Å². The monoisotopic (exact) mass is 326 g/mol. The van der Waals surface area contributed by atoms with Gasteiger partial charge in [-0.3, -0.25) is 0 Å². The molecular weight excluding hydrogens is 302 g/mol. The van der Waals surface area contributed by atoms with Crippen molar-refractivity contribution in [2.75, 3.05) is 6.54 Å². The number of halogens is 2. The Labute approximate surface area is 135 Å². The summed E-state index contributed by atoms with van der Waals surface area (Å²) in [4.78, 5) is 11.9. The van der Waals surface area contributed by atoms with E-state index in [-0.39, 0.29) is 17.6 Å². The molecule has 0 radical (unpaired) electrons. The number of benzene rings is 1. The van der Waals surface area contributed by atoms with Gasteiger partial charge < -0.3 is 15.4 Å². The lowest BCUT2D eigenvalue weighted by molar-refractivity contribution is 0.0382. The Bertz CT molecular complexity index is 566. The first kappa shape index (κ1) is 17.7. The van der Waals surface area contributed by atoms with Gasteiger partial charge in [0, 0.05) is 18.7 Å². The molecule has 1 aromatic rings. The van der Waals surface area contributed by atoms with Crippen LogP contribution in [-0.2, 0) is 11.3 Å². The van der Waals surface area contributed by atoms with E-state index >= 15 is 0 Å². The van der Waals surface area contributed by atoms with Crippen LogP contribution in [0.15, 0.2) is 18.2 Å². The van der Waals surface area contributed by atoms with Crippen LogP contribution in [0.2, 0.25) is 0 Å². The van der Waals surface area contributed by atoms with E-state index in [0.29, 0.717) is 6.54 Å². The molecule has 2 N–H and O–H groups in total. The van der Waals surface area contributed by atoms with Crippen LogP contribution in [0.1, 0.15) is 45.6 Å². The van der Waals surface area contributed by atoms with Crippen LogP contribution in [0.4, 0.5) is 13.6 Å². The summed E-state index contributed by atoms with van der Waals surface area (Å²) in [6, 6.07) is 4.12. The highest BCUT2D eigenvalue weighted by Gasteiger charge is 2.39. The molecule has 1 aliphatic rings. The van der Waals surface area contributed by atoms with E-state index in [1.807, 2.05) is 20.8 Å². The Morgan fingerprint density at radius 2 is 2.00 bits per heavy atom. The first-order valence-electron chi connectivity index (χ1n) is 7.86. The number of carbonyl (C=O) groups is 1. The second kappa shape index (κ2) is 6.83. The third-order valence-electron chi connectivity index (χ3n) is 3.89. The van der Waals surface area contributed by atoms with E-state index in [9.17, 15) is 13.6 Å². The quantitative estimate of drug-likeness (QED) is 0.871. The van der Waals surface area contributed by atoms with Crippen molar-refractivity contribution < 1.29 is 18.3 Å². The maximum absolute atomic E-state index is 13.6. The van der Waals surface area contributed by atoms with Gasteiger partial charge in [-0.1, -0.05) is 12.1 Å². The molecule has 1 aliphatic carbocycles. The smallest absolute Gasteiger partial charge is 0.408 e. The number of ether oxygens (including phenoxy) is 1. The van der Waals surface area contributed by atoms with Crippen LogP contribution in [0.25, 0.3) is 0 Å². The van der Waals surface area contributed by atoms with Crippen molar-refractivity contribution in [1.29, 1.82) is 0 Å². The van der Waals surface area contributed by atoms with Crippen molar-refractivity contribution in [2.45, 2.75) is 57.7 Å². The second-order valence-electron chi connectivity index (χ2n) is 7.08. The number of carbonyl (C=O) groups excluding carboxylic acids is 1. The summed E-state index contributed by atoms with van der Waals surface area (Å²) in [5.74, 6) is -1.68. The molecule has 4 nitrogen and oxygen atoms in total. The molecule has 0 heterocycles. The maximum Gasteiger partial charge on any atom is 0.408 e. The van der Waals surface area contributed by atoms with Crippen LogP contribution < -0.4 is 10.6 Å². The molecule has 1 saturated carbocycles. The molecule has 128 valence electrons. The lowest BCUT2D eigenvalue weighted by Crippen LogP contribution is -2.59.